The van der Waals surface area contributed by atoms with Crippen LogP contribution < -0.4 is 0 Å². The van der Waals surface area contributed by atoms with Crippen LogP contribution in [-0.2, 0) is 4.79 Å². The maximum atomic E-state index is 11.4. The summed E-state index contributed by atoms with van der Waals surface area (Å²) in [5, 5.41) is 0. The molecule has 0 radical (unpaired) electrons. The highest BCUT2D eigenvalue weighted by Gasteiger charge is 1.98. The van der Waals surface area contributed by atoms with Crippen LogP contribution in [0.5, 0.6) is 0 Å². The molecule has 0 rings (SSSR count). The molecule has 0 N–H and O–H groups in total. The number of ketones is 1. The Hall–Kier alpha value is -1.11. The minimum atomic E-state index is 0.237. The monoisotopic (exact) mass is 262 g/mol. The molecule has 0 spiro atoms. The van der Waals surface area contributed by atoms with E-state index in [9.17, 15) is 4.79 Å². The number of rotatable bonds is 9. The number of allylic oxidation sites excluding steroid dienone is 6. The van der Waals surface area contributed by atoms with E-state index in [0.717, 1.165) is 18.4 Å². The predicted octanol–water partition coefficient (Wildman–Crippen LogP) is 5.63. The summed E-state index contributed by atoms with van der Waals surface area (Å²) in [6.45, 7) is 10.6. The largest absolute Gasteiger partial charge is 0.295 e. The molecular weight excluding hydrogens is 232 g/mol. The van der Waals surface area contributed by atoms with E-state index >= 15 is 0 Å². The van der Waals surface area contributed by atoms with Gasteiger partial charge in [0.1, 0.15) is 0 Å². The number of carbonyl (C=O) groups is 1. The van der Waals surface area contributed by atoms with Crippen molar-refractivity contribution in [1.82, 2.24) is 0 Å². The van der Waals surface area contributed by atoms with Gasteiger partial charge < -0.3 is 0 Å². The molecule has 0 bridgehead atoms. The van der Waals surface area contributed by atoms with E-state index in [1.165, 1.54) is 18.4 Å². The van der Waals surface area contributed by atoms with Crippen molar-refractivity contribution in [2.75, 3.05) is 0 Å². The van der Waals surface area contributed by atoms with Crippen LogP contribution >= 0.6 is 0 Å². The molecule has 1 nitrogen and oxygen atoms in total. The van der Waals surface area contributed by atoms with Gasteiger partial charge in [0.2, 0.25) is 0 Å². The molecule has 1 atom stereocenters. The summed E-state index contributed by atoms with van der Waals surface area (Å²) in [7, 11) is 0. The van der Waals surface area contributed by atoms with Crippen molar-refractivity contribution in [2.45, 2.75) is 66.7 Å². The SMILES string of the molecule is CCCC(=O)C=C(C)C=CCC(C)CCC=C(C)C. The van der Waals surface area contributed by atoms with E-state index in [1.54, 1.807) is 6.08 Å². The Kier molecular flexibility index (Phi) is 10.1. The quantitative estimate of drug-likeness (QED) is 0.299. The van der Waals surface area contributed by atoms with Crippen LogP contribution in [0.3, 0.4) is 0 Å². The molecule has 0 aromatic carbocycles. The normalized spacial score (nSPS) is 13.6. The van der Waals surface area contributed by atoms with Crippen LogP contribution in [0.25, 0.3) is 0 Å². The van der Waals surface area contributed by atoms with Gasteiger partial charge in [0.05, 0.1) is 0 Å². The topological polar surface area (TPSA) is 17.1 Å². The van der Waals surface area contributed by atoms with Crippen molar-refractivity contribution in [3.8, 4) is 0 Å². The zero-order chi connectivity index (χ0) is 14.7. The van der Waals surface area contributed by atoms with Crippen LogP contribution in [0.1, 0.15) is 66.7 Å². The third-order valence-corrected chi connectivity index (χ3v) is 3.02. The van der Waals surface area contributed by atoms with Gasteiger partial charge in [0.15, 0.2) is 5.78 Å². The molecule has 0 heterocycles. The van der Waals surface area contributed by atoms with Crippen LogP contribution in [0.4, 0.5) is 0 Å². The first-order chi connectivity index (χ1) is 8.95. The molecule has 0 fully saturated rings. The minimum Gasteiger partial charge on any atom is -0.295 e. The first-order valence-corrected chi connectivity index (χ1v) is 7.46. The van der Waals surface area contributed by atoms with E-state index in [1.807, 2.05) is 13.8 Å². The molecule has 0 aliphatic rings. The zero-order valence-electron chi connectivity index (χ0n) is 13.3. The fourth-order valence-electron chi connectivity index (χ4n) is 1.88. The van der Waals surface area contributed by atoms with Crippen LogP contribution in [-0.4, -0.2) is 5.78 Å². The molecule has 108 valence electrons. The molecule has 0 amide bonds. The lowest BCUT2D eigenvalue weighted by molar-refractivity contribution is -0.114. The zero-order valence-corrected chi connectivity index (χ0v) is 13.3. The summed E-state index contributed by atoms with van der Waals surface area (Å²) in [4.78, 5) is 11.4. The summed E-state index contributed by atoms with van der Waals surface area (Å²) in [5.41, 5.74) is 2.46. The summed E-state index contributed by atoms with van der Waals surface area (Å²) < 4.78 is 0. The second-order valence-electron chi connectivity index (χ2n) is 5.71. The lowest BCUT2D eigenvalue weighted by Gasteiger charge is -2.06. The average Bonchev–Trinajstić information content (AvgIpc) is 2.28. The predicted molar refractivity (Wildman–Crippen MR) is 85.3 cm³/mol. The molecule has 1 unspecified atom stereocenters. The Bertz CT molecular complexity index is 341. The molecular formula is C18H30O. The number of hydrogen-bond acceptors (Lipinski definition) is 1. The van der Waals surface area contributed by atoms with Gasteiger partial charge in [-0.3, -0.25) is 4.79 Å². The third-order valence-electron chi connectivity index (χ3n) is 3.02. The first kappa shape index (κ1) is 17.9. The van der Waals surface area contributed by atoms with Crippen LogP contribution in [0, 0.1) is 5.92 Å². The van der Waals surface area contributed by atoms with Crippen LogP contribution in [0.15, 0.2) is 35.5 Å². The van der Waals surface area contributed by atoms with E-state index in [0.29, 0.717) is 12.3 Å². The molecule has 1 heteroatoms. The fraction of sp³-hybridized carbons (Fsp3) is 0.611. The Morgan fingerprint density at radius 1 is 1.21 bits per heavy atom. The number of carbonyl (C=O) groups excluding carboxylic acids is 1. The second kappa shape index (κ2) is 10.8. The van der Waals surface area contributed by atoms with Gasteiger partial charge in [0, 0.05) is 6.42 Å². The van der Waals surface area contributed by atoms with E-state index in [4.69, 9.17) is 0 Å². The standard InChI is InChI=1S/C18H30O/c1-6-9-18(19)14-17(5)13-8-12-16(4)11-7-10-15(2)3/h8,10,13-14,16H,6-7,9,11-12H2,1-5H3. The van der Waals surface area contributed by atoms with Gasteiger partial charge in [0.25, 0.3) is 0 Å². The summed E-state index contributed by atoms with van der Waals surface area (Å²) in [6.07, 6.45) is 13.4. The smallest absolute Gasteiger partial charge is 0.155 e. The first-order valence-electron chi connectivity index (χ1n) is 7.46. The Morgan fingerprint density at radius 2 is 1.89 bits per heavy atom. The highest BCUT2D eigenvalue weighted by Crippen LogP contribution is 2.13. The van der Waals surface area contributed by atoms with E-state index < -0.39 is 0 Å². The molecule has 0 aliphatic heterocycles. The van der Waals surface area contributed by atoms with Gasteiger partial charge in [-0.15, -0.1) is 0 Å². The van der Waals surface area contributed by atoms with Crippen LogP contribution in [0.2, 0.25) is 0 Å². The fourth-order valence-corrected chi connectivity index (χ4v) is 1.88. The Morgan fingerprint density at radius 3 is 2.47 bits per heavy atom. The summed E-state index contributed by atoms with van der Waals surface area (Å²) in [5.74, 6) is 0.937. The van der Waals surface area contributed by atoms with Gasteiger partial charge >= 0.3 is 0 Å². The molecule has 0 saturated carbocycles. The van der Waals surface area contributed by atoms with Gasteiger partial charge in [-0.2, -0.15) is 0 Å². The van der Waals surface area contributed by atoms with Gasteiger partial charge in [-0.1, -0.05) is 37.6 Å². The molecule has 0 aliphatic carbocycles. The van der Waals surface area contributed by atoms with Crippen molar-refractivity contribution >= 4 is 5.78 Å². The van der Waals surface area contributed by atoms with Crippen molar-refractivity contribution in [3.63, 3.8) is 0 Å². The Balaban J connectivity index is 4.00. The lowest BCUT2D eigenvalue weighted by Crippen LogP contribution is -1.93. The highest BCUT2D eigenvalue weighted by molar-refractivity contribution is 5.90. The molecule has 0 aromatic heterocycles. The Labute approximate surface area is 119 Å². The molecule has 19 heavy (non-hydrogen) atoms. The minimum absolute atomic E-state index is 0.237. The van der Waals surface area contributed by atoms with Crippen molar-refractivity contribution in [1.29, 1.82) is 0 Å². The third kappa shape index (κ3) is 11.7. The maximum absolute atomic E-state index is 11.4. The van der Waals surface area contributed by atoms with Crippen molar-refractivity contribution in [2.24, 2.45) is 5.92 Å². The van der Waals surface area contributed by atoms with E-state index in [-0.39, 0.29) is 5.78 Å². The van der Waals surface area contributed by atoms with Gasteiger partial charge in [-0.05, 0) is 64.0 Å². The van der Waals surface area contributed by atoms with Gasteiger partial charge in [-0.25, -0.2) is 0 Å². The lowest BCUT2D eigenvalue weighted by atomic mass is 10.00. The van der Waals surface area contributed by atoms with E-state index in [2.05, 4.69) is 39.0 Å². The maximum Gasteiger partial charge on any atom is 0.155 e. The average molecular weight is 262 g/mol. The van der Waals surface area contributed by atoms with Crippen molar-refractivity contribution in [3.05, 3.63) is 35.5 Å². The van der Waals surface area contributed by atoms with Crippen molar-refractivity contribution < 1.29 is 4.79 Å². The summed E-state index contributed by atoms with van der Waals surface area (Å²) in [6, 6.07) is 0. The number of hydrogen-bond donors (Lipinski definition) is 0. The molecule has 0 aromatic rings. The summed E-state index contributed by atoms with van der Waals surface area (Å²) >= 11 is 0. The molecule has 0 saturated heterocycles. The highest BCUT2D eigenvalue weighted by atomic mass is 16.1. The second-order valence-corrected chi connectivity index (χ2v) is 5.71.